The van der Waals surface area contributed by atoms with Crippen molar-refractivity contribution in [1.29, 1.82) is 0 Å². The van der Waals surface area contributed by atoms with Gasteiger partial charge in [0, 0.05) is 5.56 Å². The number of fused-ring (bicyclic) bond motifs is 1. The second-order valence-electron chi connectivity index (χ2n) is 4.18. The second kappa shape index (κ2) is 4.35. The van der Waals surface area contributed by atoms with Crippen LogP contribution in [0.1, 0.15) is 5.56 Å². The fraction of sp³-hybridized carbons (Fsp3) is 0.0667. The summed E-state index contributed by atoms with van der Waals surface area (Å²) in [6.07, 6.45) is 0. The Hall–Kier alpha value is -2.00. The van der Waals surface area contributed by atoms with Crippen molar-refractivity contribution in [1.82, 2.24) is 4.98 Å². The van der Waals surface area contributed by atoms with Crippen LogP contribution in [0.25, 0.3) is 21.5 Å². The van der Waals surface area contributed by atoms with Gasteiger partial charge in [-0.3, -0.25) is 4.79 Å². The maximum Gasteiger partial charge on any atom is 0.259 e. The molecule has 1 heterocycles. The summed E-state index contributed by atoms with van der Waals surface area (Å²) in [5.41, 5.74) is 3.47. The van der Waals surface area contributed by atoms with E-state index < -0.39 is 0 Å². The Morgan fingerprint density at radius 3 is 2.50 bits per heavy atom. The van der Waals surface area contributed by atoms with Gasteiger partial charge < -0.3 is 0 Å². The predicted octanol–water partition coefficient (Wildman–Crippen LogP) is 3.63. The second-order valence-corrected chi connectivity index (χ2v) is 5.20. The molecule has 0 N–H and O–H groups in total. The molecule has 2 aromatic carbocycles. The number of aryl methyl sites for hydroxylation is 1. The molecule has 0 bridgehead atoms. The van der Waals surface area contributed by atoms with Crippen LogP contribution in [0.15, 0.2) is 53.3 Å². The van der Waals surface area contributed by atoms with Crippen molar-refractivity contribution in [3.63, 3.8) is 0 Å². The van der Waals surface area contributed by atoms with Gasteiger partial charge in [0.2, 0.25) is 0 Å². The average Bonchev–Trinajstić information content (AvgIpc) is 2.39. The van der Waals surface area contributed by atoms with E-state index in [0.717, 1.165) is 15.8 Å². The Balaban J connectivity index is 2.26. The number of nitrogens with zero attached hydrogens (tertiary/aromatic N) is 1. The van der Waals surface area contributed by atoms with Gasteiger partial charge in [0.1, 0.15) is 5.69 Å². The first-order valence-corrected chi connectivity index (χ1v) is 6.52. The largest absolute Gasteiger partial charge is 0.275 e. The van der Waals surface area contributed by atoms with Crippen LogP contribution in [0.4, 0.5) is 0 Å². The highest BCUT2D eigenvalue weighted by Crippen LogP contribution is 2.20. The van der Waals surface area contributed by atoms with Crippen LogP contribution in [0.3, 0.4) is 0 Å². The third-order valence-corrected chi connectivity index (χ3v) is 3.76. The topological polar surface area (TPSA) is 30.0 Å². The van der Waals surface area contributed by atoms with Gasteiger partial charge in [-0.2, -0.15) is 0 Å². The molecule has 88 valence electrons. The van der Waals surface area contributed by atoms with Gasteiger partial charge in [0.05, 0.1) is 10.2 Å². The van der Waals surface area contributed by atoms with Crippen LogP contribution < -0.4 is 4.74 Å². The Kier molecular flexibility index (Phi) is 2.68. The maximum atomic E-state index is 12.1. The van der Waals surface area contributed by atoms with E-state index in [9.17, 15) is 4.79 Å². The highest BCUT2D eigenvalue weighted by molar-refractivity contribution is 7.16. The molecule has 0 spiro atoms. The quantitative estimate of drug-likeness (QED) is 0.663. The third kappa shape index (κ3) is 1.93. The SMILES string of the molecule is Cc1ccc(-c2nc3ccccc3sc2=O)cc1. The minimum Gasteiger partial charge on any atom is -0.275 e. The van der Waals surface area contributed by atoms with Gasteiger partial charge in [-0.15, -0.1) is 0 Å². The lowest BCUT2D eigenvalue weighted by Gasteiger charge is -2.02. The maximum absolute atomic E-state index is 12.1. The van der Waals surface area contributed by atoms with E-state index >= 15 is 0 Å². The zero-order valence-corrected chi connectivity index (χ0v) is 10.7. The molecule has 0 atom stereocenters. The van der Waals surface area contributed by atoms with Crippen LogP contribution in [0.5, 0.6) is 0 Å². The van der Waals surface area contributed by atoms with Gasteiger partial charge in [0.25, 0.3) is 4.74 Å². The van der Waals surface area contributed by atoms with E-state index in [0.29, 0.717) is 5.69 Å². The van der Waals surface area contributed by atoms with Crippen molar-refractivity contribution in [2.45, 2.75) is 6.92 Å². The highest BCUT2D eigenvalue weighted by atomic mass is 32.1. The van der Waals surface area contributed by atoms with Gasteiger partial charge >= 0.3 is 0 Å². The Morgan fingerprint density at radius 1 is 1.00 bits per heavy atom. The van der Waals surface area contributed by atoms with E-state index in [1.54, 1.807) is 0 Å². The molecule has 0 radical (unpaired) electrons. The summed E-state index contributed by atoms with van der Waals surface area (Å²) in [6.45, 7) is 2.03. The molecule has 0 aliphatic rings. The van der Waals surface area contributed by atoms with Crippen LogP contribution in [-0.4, -0.2) is 4.98 Å². The van der Waals surface area contributed by atoms with Gasteiger partial charge in [-0.25, -0.2) is 4.98 Å². The minimum atomic E-state index is 0.0116. The lowest BCUT2D eigenvalue weighted by molar-refractivity contribution is 1.38. The van der Waals surface area contributed by atoms with E-state index in [1.807, 2.05) is 55.5 Å². The molecule has 0 fully saturated rings. The molecule has 0 amide bonds. The first-order valence-electron chi connectivity index (χ1n) is 5.71. The lowest BCUT2D eigenvalue weighted by atomic mass is 10.1. The summed E-state index contributed by atoms with van der Waals surface area (Å²) in [5.74, 6) is 0. The Morgan fingerprint density at radius 2 is 1.72 bits per heavy atom. The van der Waals surface area contributed by atoms with Gasteiger partial charge in [-0.05, 0) is 19.1 Å². The zero-order chi connectivity index (χ0) is 12.5. The van der Waals surface area contributed by atoms with Crippen molar-refractivity contribution in [3.05, 3.63) is 63.6 Å². The van der Waals surface area contributed by atoms with Crippen LogP contribution in [0, 0.1) is 6.92 Å². The smallest absolute Gasteiger partial charge is 0.259 e. The summed E-state index contributed by atoms with van der Waals surface area (Å²) < 4.78 is 0.941. The first kappa shape index (κ1) is 11.1. The van der Waals surface area contributed by atoms with Crippen molar-refractivity contribution >= 4 is 21.6 Å². The van der Waals surface area contributed by atoms with Crippen LogP contribution in [-0.2, 0) is 0 Å². The first-order chi connectivity index (χ1) is 8.74. The summed E-state index contributed by atoms with van der Waals surface area (Å²) >= 11 is 1.25. The zero-order valence-electron chi connectivity index (χ0n) is 9.88. The molecule has 0 aliphatic carbocycles. The highest BCUT2D eigenvalue weighted by Gasteiger charge is 2.07. The molecule has 1 aromatic heterocycles. The van der Waals surface area contributed by atoms with Crippen molar-refractivity contribution in [2.75, 3.05) is 0 Å². The third-order valence-electron chi connectivity index (χ3n) is 2.82. The van der Waals surface area contributed by atoms with Gasteiger partial charge in [0.15, 0.2) is 0 Å². The molecule has 2 nitrogen and oxygen atoms in total. The molecule has 3 rings (SSSR count). The molecular weight excluding hydrogens is 242 g/mol. The normalized spacial score (nSPS) is 10.7. The molecule has 3 heteroatoms. The number of hydrogen-bond acceptors (Lipinski definition) is 3. The predicted molar refractivity (Wildman–Crippen MR) is 76.1 cm³/mol. The number of rotatable bonds is 1. The summed E-state index contributed by atoms with van der Waals surface area (Å²) in [5, 5.41) is 0. The molecule has 0 aliphatic heterocycles. The minimum absolute atomic E-state index is 0.0116. The molecule has 0 saturated carbocycles. The fourth-order valence-corrected chi connectivity index (χ4v) is 2.67. The molecule has 3 aromatic rings. The van der Waals surface area contributed by atoms with E-state index in [2.05, 4.69) is 4.98 Å². The van der Waals surface area contributed by atoms with E-state index in [1.165, 1.54) is 16.9 Å². The monoisotopic (exact) mass is 253 g/mol. The summed E-state index contributed by atoms with van der Waals surface area (Å²) in [4.78, 5) is 16.5. The molecular formula is C15H11NOS. The average molecular weight is 253 g/mol. The summed E-state index contributed by atoms with van der Waals surface area (Å²) in [6, 6.07) is 15.6. The van der Waals surface area contributed by atoms with E-state index in [-0.39, 0.29) is 4.74 Å². The standard InChI is InChI=1S/C15H11NOS/c1-10-6-8-11(9-7-10)14-15(17)18-13-5-3-2-4-12(13)16-14/h2-9H,1H3. The van der Waals surface area contributed by atoms with Crippen LogP contribution in [0.2, 0.25) is 0 Å². The van der Waals surface area contributed by atoms with Crippen molar-refractivity contribution in [3.8, 4) is 11.3 Å². The molecule has 18 heavy (non-hydrogen) atoms. The Labute approximate surface area is 109 Å². The Bertz CT molecular complexity index is 759. The van der Waals surface area contributed by atoms with Crippen molar-refractivity contribution in [2.24, 2.45) is 0 Å². The van der Waals surface area contributed by atoms with Crippen LogP contribution >= 0.6 is 11.3 Å². The van der Waals surface area contributed by atoms with Gasteiger partial charge in [-0.1, -0.05) is 53.3 Å². The number of para-hydroxylation sites is 1. The molecule has 0 saturated heterocycles. The fourth-order valence-electron chi connectivity index (χ4n) is 1.84. The van der Waals surface area contributed by atoms with E-state index in [4.69, 9.17) is 0 Å². The summed E-state index contributed by atoms with van der Waals surface area (Å²) in [7, 11) is 0. The molecule has 0 unspecified atom stereocenters. The number of hydrogen-bond donors (Lipinski definition) is 0. The number of benzene rings is 2. The van der Waals surface area contributed by atoms with Crippen molar-refractivity contribution < 1.29 is 0 Å². The number of aromatic nitrogens is 1. The lowest BCUT2D eigenvalue weighted by Crippen LogP contribution is -2.02.